The van der Waals surface area contributed by atoms with Gasteiger partial charge in [-0.2, -0.15) is 0 Å². The minimum atomic E-state index is 0.443. The molecule has 2 aromatic rings. The Balaban J connectivity index is 1.95. The van der Waals surface area contributed by atoms with Crippen molar-refractivity contribution < 1.29 is 4.74 Å². The van der Waals surface area contributed by atoms with Crippen LogP contribution in [0.1, 0.15) is 9.88 Å². The molecule has 0 radical (unpaired) electrons. The maximum atomic E-state index is 5.99. The minimum Gasteiger partial charge on any atom is -0.485 e. The van der Waals surface area contributed by atoms with Crippen molar-refractivity contribution in [3.05, 3.63) is 45.4 Å². The number of benzene rings is 1. The van der Waals surface area contributed by atoms with Crippen LogP contribution in [0.25, 0.3) is 0 Å². The first-order valence-corrected chi connectivity index (χ1v) is 6.50. The van der Waals surface area contributed by atoms with Crippen molar-refractivity contribution in [2.45, 2.75) is 13.0 Å². The third-order valence-electron chi connectivity index (χ3n) is 2.18. The molecule has 0 aliphatic carbocycles. The van der Waals surface area contributed by atoms with E-state index in [-0.39, 0.29) is 0 Å². The molecule has 17 heavy (non-hydrogen) atoms. The van der Waals surface area contributed by atoms with Crippen LogP contribution in [0.15, 0.2) is 30.5 Å². The monoisotopic (exact) mass is 268 g/mol. The number of hydrogen-bond acceptors (Lipinski definition) is 4. The molecule has 0 saturated carbocycles. The van der Waals surface area contributed by atoms with Crippen LogP contribution in [-0.2, 0) is 13.0 Å². The van der Waals surface area contributed by atoms with Crippen LogP contribution in [-0.4, -0.2) is 11.5 Å². The number of aromatic nitrogens is 1. The van der Waals surface area contributed by atoms with E-state index in [4.69, 9.17) is 22.1 Å². The Morgan fingerprint density at radius 2 is 2.18 bits per heavy atom. The number of nitrogens with zero attached hydrogens (tertiary/aromatic N) is 1. The van der Waals surface area contributed by atoms with E-state index in [1.54, 1.807) is 17.4 Å². The fraction of sp³-hybridized carbons (Fsp3) is 0.250. The first kappa shape index (κ1) is 12.4. The van der Waals surface area contributed by atoms with Crippen LogP contribution in [0.5, 0.6) is 5.75 Å². The SMILES string of the molecule is NCCc1cnc(COc2ccccc2Cl)s1. The Labute approximate surface area is 109 Å². The van der Waals surface area contributed by atoms with Crippen molar-refractivity contribution in [1.29, 1.82) is 0 Å². The van der Waals surface area contributed by atoms with Gasteiger partial charge in [0.05, 0.1) is 5.02 Å². The number of para-hydroxylation sites is 1. The van der Waals surface area contributed by atoms with Crippen molar-refractivity contribution in [2.75, 3.05) is 6.54 Å². The molecule has 0 unspecified atom stereocenters. The highest BCUT2D eigenvalue weighted by atomic mass is 35.5. The summed E-state index contributed by atoms with van der Waals surface area (Å²) < 4.78 is 5.60. The van der Waals surface area contributed by atoms with E-state index in [1.807, 2.05) is 24.4 Å². The largest absolute Gasteiger partial charge is 0.485 e. The lowest BCUT2D eigenvalue weighted by Crippen LogP contribution is -2.00. The number of rotatable bonds is 5. The van der Waals surface area contributed by atoms with Crippen molar-refractivity contribution in [3.63, 3.8) is 0 Å². The highest BCUT2D eigenvalue weighted by molar-refractivity contribution is 7.11. The topological polar surface area (TPSA) is 48.1 Å². The number of halogens is 1. The summed E-state index contributed by atoms with van der Waals surface area (Å²) in [5, 5.41) is 1.56. The molecule has 0 amide bonds. The van der Waals surface area contributed by atoms with Gasteiger partial charge >= 0.3 is 0 Å². The molecule has 90 valence electrons. The predicted molar refractivity (Wildman–Crippen MR) is 70.7 cm³/mol. The fourth-order valence-corrected chi connectivity index (χ4v) is 2.42. The maximum absolute atomic E-state index is 5.99. The van der Waals surface area contributed by atoms with Gasteiger partial charge in [-0.25, -0.2) is 4.98 Å². The van der Waals surface area contributed by atoms with E-state index in [0.717, 1.165) is 11.4 Å². The zero-order chi connectivity index (χ0) is 12.1. The van der Waals surface area contributed by atoms with Gasteiger partial charge < -0.3 is 10.5 Å². The van der Waals surface area contributed by atoms with Crippen LogP contribution in [0.3, 0.4) is 0 Å². The van der Waals surface area contributed by atoms with E-state index >= 15 is 0 Å². The van der Waals surface area contributed by atoms with Crippen LogP contribution < -0.4 is 10.5 Å². The molecule has 3 nitrogen and oxygen atoms in total. The van der Waals surface area contributed by atoms with Crippen LogP contribution in [0, 0.1) is 0 Å². The molecule has 2 N–H and O–H groups in total. The molecule has 0 saturated heterocycles. The van der Waals surface area contributed by atoms with Gasteiger partial charge in [0.2, 0.25) is 0 Å². The quantitative estimate of drug-likeness (QED) is 0.907. The van der Waals surface area contributed by atoms with E-state index in [0.29, 0.717) is 23.9 Å². The van der Waals surface area contributed by atoms with E-state index < -0.39 is 0 Å². The van der Waals surface area contributed by atoms with Crippen molar-refractivity contribution in [1.82, 2.24) is 4.98 Å². The zero-order valence-electron chi connectivity index (χ0n) is 9.23. The third kappa shape index (κ3) is 3.43. The normalized spacial score (nSPS) is 10.5. The highest BCUT2D eigenvalue weighted by Crippen LogP contribution is 2.24. The first-order chi connectivity index (χ1) is 8.29. The molecule has 5 heteroatoms. The Morgan fingerprint density at radius 1 is 1.35 bits per heavy atom. The van der Waals surface area contributed by atoms with Gasteiger partial charge in [0, 0.05) is 11.1 Å². The average molecular weight is 269 g/mol. The number of nitrogens with two attached hydrogens (primary N) is 1. The minimum absolute atomic E-state index is 0.443. The molecule has 1 heterocycles. The first-order valence-electron chi connectivity index (χ1n) is 5.30. The van der Waals surface area contributed by atoms with E-state index in [1.165, 1.54) is 4.88 Å². The lowest BCUT2D eigenvalue weighted by Gasteiger charge is -2.05. The Bertz CT molecular complexity index is 487. The van der Waals surface area contributed by atoms with Crippen molar-refractivity contribution >= 4 is 22.9 Å². The Morgan fingerprint density at radius 3 is 2.94 bits per heavy atom. The van der Waals surface area contributed by atoms with Gasteiger partial charge in [0.25, 0.3) is 0 Å². The van der Waals surface area contributed by atoms with Crippen LogP contribution in [0.4, 0.5) is 0 Å². The molecule has 0 aliphatic rings. The second-order valence-corrected chi connectivity index (χ2v) is 5.09. The second kappa shape index (κ2) is 6.00. The molecule has 1 aromatic heterocycles. The molecule has 0 atom stereocenters. The average Bonchev–Trinajstić information content (AvgIpc) is 2.76. The molecular weight excluding hydrogens is 256 g/mol. The Hall–Kier alpha value is -1.10. The summed E-state index contributed by atoms with van der Waals surface area (Å²) in [6.45, 7) is 1.09. The summed E-state index contributed by atoms with van der Waals surface area (Å²) in [5.74, 6) is 0.685. The molecule has 0 spiro atoms. The fourth-order valence-electron chi connectivity index (χ4n) is 1.37. The summed E-state index contributed by atoms with van der Waals surface area (Å²) in [6, 6.07) is 7.41. The summed E-state index contributed by atoms with van der Waals surface area (Å²) in [7, 11) is 0. The van der Waals surface area contributed by atoms with Gasteiger partial charge in [-0.1, -0.05) is 23.7 Å². The summed E-state index contributed by atoms with van der Waals surface area (Å²) in [5.41, 5.74) is 5.48. The predicted octanol–water partition coefficient (Wildman–Crippen LogP) is 2.88. The maximum Gasteiger partial charge on any atom is 0.140 e. The lowest BCUT2D eigenvalue weighted by molar-refractivity contribution is 0.306. The smallest absolute Gasteiger partial charge is 0.140 e. The van der Waals surface area contributed by atoms with Gasteiger partial charge in [0.15, 0.2) is 0 Å². The molecule has 0 aliphatic heterocycles. The molecule has 1 aromatic carbocycles. The number of hydrogen-bond donors (Lipinski definition) is 1. The molecular formula is C12H13ClN2OS. The standard InChI is InChI=1S/C12H13ClN2OS/c13-10-3-1-2-4-11(10)16-8-12-15-7-9(17-12)5-6-14/h1-4,7H,5-6,8,14H2. The van der Waals surface area contributed by atoms with E-state index in [2.05, 4.69) is 4.98 Å². The van der Waals surface area contributed by atoms with Gasteiger partial charge in [-0.05, 0) is 25.1 Å². The third-order valence-corrected chi connectivity index (χ3v) is 3.52. The molecule has 0 fully saturated rings. The van der Waals surface area contributed by atoms with Gasteiger partial charge in [-0.3, -0.25) is 0 Å². The summed E-state index contributed by atoms with van der Waals surface area (Å²) >= 11 is 7.61. The van der Waals surface area contributed by atoms with Crippen LogP contribution >= 0.6 is 22.9 Å². The van der Waals surface area contributed by atoms with Crippen LogP contribution in [0.2, 0.25) is 5.02 Å². The highest BCUT2D eigenvalue weighted by Gasteiger charge is 2.04. The second-order valence-electron chi connectivity index (χ2n) is 3.48. The van der Waals surface area contributed by atoms with E-state index in [9.17, 15) is 0 Å². The molecule has 0 bridgehead atoms. The van der Waals surface area contributed by atoms with Gasteiger partial charge in [0.1, 0.15) is 17.4 Å². The summed E-state index contributed by atoms with van der Waals surface area (Å²) in [6.07, 6.45) is 2.71. The van der Waals surface area contributed by atoms with Crippen molar-refractivity contribution in [2.24, 2.45) is 5.73 Å². The van der Waals surface area contributed by atoms with Crippen molar-refractivity contribution in [3.8, 4) is 5.75 Å². The van der Waals surface area contributed by atoms with Gasteiger partial charge in [-0.15, -0.1) is 11.3 Å². The summed E-state index contributed by atoms with van der Waals surface area (Å²) in [4.78, 5) is 5.46. The number of thiazole rings is 1. The lowest BCUT2D eigenvalue weighted by atomic mass is 10.3. The number of ether oxygens (including phenoxy) is 1. The Kier molecular flexibility index (Phi) is 4.36. The molecule has 2 rings (SSSR count). The zero-order valence-corrected chi connectivity index (χ0v) is 10.8.